The van der Waals surface area contributed by atoms with Crippen LogP contribution in [0.3, 0.4) is 0 Å². The third-order valence-corrected chi connectivity index (χ3v) is 5.65. The van der Waals surface area contributed by atoms with Crippen molar-refractivity contribution in [3.63, 3.8) is 0 Å². The lowest BCUT2D eigenvalue weighted by molar-refractivity contribution is 0.215. The van der Waals surface area contributed by atoms with Crippen LogP contribution in [0.5, 0.6) is 0 Å². The Morgan fingerprint density at radius 2 is 2.07 bits per heavy atom. The molecule has 0 bridgehead atoms. The summed E-state index contributed by atoms with van der Waals surface area (Å²) in [7, 11) is 1.76. The second-order valence-corrected chi connectivity index (χ2v) is 7.79. The molecular weight excluding hydrogens is 375 g/mol. The molecule has 1 aromatic heterocycles. The average Bonchev–Trinajstić information content (AvgIpc) is 3.40. The van der Waals surface area contributed by atoms with Gasteiger partial charge < -0.3 is 15.1 Å². The van der Waals surface area contributed by atoms with Crippen LogP contribution in [0.1, 0.15) is 35.8 Å². The predicted octanol–water partition coefficient (Wildman–Crippen LogP) is 3.78. The quantitative estimate of drug-likeness (QED) is 0.518. The Balaban J connectivity index is 1.60. The molecule has 1 fully saturated rings. The van der Waals surface area contributed by atoms with E-state index < -0.39 is 0 Å². The first-order valence-electron chi connectivity index (χ1n) is 9.69. The molecule has 7 heteroatoms. The van der Waals surface area contributed by atoms with Crippen LogP contribution < -0.4 is 10.6 Å². The van der Waals surface area contributed by atoms with Crippen molar-refractivity contribution in [2.45, 2.75) is 31.2 Å². The fourth-order valence-electron chi connectivity index (χ4n) is 3.59. The zero-order valence-corrected chi connectivity index (χ0v) is 17.4. The standard InChI is InChI=1S/C21H29FN4OS/c1-23-21(24-13-16-7-8-18(22)12-17(16)15-28-2)25-14-19(20-6-5-11-27-20)26-9-3-4-10-26/h5-8,11-12,19H,3-4,9-10,13-15H2,1-2H3,(H2,23,24,25). The number of halogens is 1. The number of thioether (sulfide) groups is 1. The fourth-order valence-corrected chi connectivity index (χ4v) is 4.17. The Kier molecular flexibility index (Phi) is 7.80. The van der Waals surface area contributed by atoms with Crippen molar-refractivity contribution in [1.29, 1.82) is 0 Å². The van der Waals surface area contributed by atoms with E-state index in [9.17, 15) is 4.39 Å². The van der Waals surface area contributed by atoms with Crippen molar-refractivity contribution in [1.82, 2.24) is 15.5 Å². The molecule has 1 aromatic carbocycles. The van der Waals surface area contributed by atoms with Gasteiger partial charge in [0.2, 0.25) is 0 Å². The largest absolute Gasteiger partial charge is 0.468 e. The number of aliphatic imine (C=N–C) groups is 1. The maximum absolute atomic E-state index is 13.5. The van der Waals surface area contributed by atoms with Gasteiger partial charge in [-0.05, 0) is 67.6 Å². The molecule has 152 valence electrons. The van der Waals surface area contributed by atoms with E-state index in [1.54, 1.807) is 31.1 Å². The van der Waals surface area contributed by atoms with Crippen molar-refractivity contribution in [3.8, 4) is 0 Å². The summed E-state index contributed by atoms with van der Waals surface area (Å²) in [5.41, 5.74) is 2.10. The molecule has 5 nitrogen and oxygen atoms in total. The van der Waals surface area contributed by atoms with E-state index in [0.717, 1.165) is 41.7 Å². The Morgan fingerprint density at radius 3 is 2.75 bits per heavy atom. The SMILES string of the molecule is CN=C(NCc1ccc(F)cc1CSC)NCC(c1ccco1)N1CCCC1. The van der Waals surface area contributed by atoms with Crippen LogP contribution in [0.2, 0.25) is 0 Å². The van der Waals surface area contributed by atoms with Crippen LogP contribution in [0.15, 0.2) is 46.0 Å². The summed E-state index contributed by atoms with van der Waals surface area (Å²) < 4.78 is 19.2. The molecule has 0 amide bonds. The van der Waals surface area contributed by atoms with Gasteiger partial charge in [0, 0.05) is 25.9 Å². The number of hydrogen-bond acceptors (Lipinski definition) is 4. The molecule has 1 aliphatic rings. The van der Waals surface area contributed by atoms with E-state index in [4.69, 9.17) is 4.42 Å². The number of rotatable bonds is 8. The van der Waals surface area contributed by atoms with Gasteiger partial charge in [0.25, 0.3) is 0 Å². The minimum Gasteiger partial charge on any atom is -0.468 e. The molecule has 1 aliphatic heterocycles. The molecule has 3 rings (SSSR count). The molecule has 1 atom stereocenters. The molecule has 28 heavy (non-hydrogen) atoms. The molecule has 0 spiro atoms. The molecule has 1 unspecified atom stereocenters. The van der Waals surface area contributed by atoms with Crippen molar-refractivity contribution < 1.29 is 8.81 Å². The number of hydrogen-bond donors (Lipinski definition) is 2. The van der Waals surface area contributed by atoms with Crippen LogP contribution in [-0.4, -0.2) is 43.8 Å². The normalized spacial score (nSPS) is 16.3. The first-order chi connectivity index (χ1) is 13.7. The highest BCUT2D eigenvalue weighted by Crippen LogP contribution is 2.24. The monoisotopic (exact) mass is 404 g/mol. The molecule has 2 aromatic rings. The minimum absolute atomic E-state index is 0.189. The number of guanidine groups is 1. The Labute approximate surface area is 170 Å². The van der Waals surface area contributed by atoms with E-state index >= 15 is 0 Å². The summed E-state index contributed by atoms with van der Waals surface area (Å²) in [6.07, 6.45) is 6.21. The second kappa shape index (κ2) is 10.5. The lowest BCUT2D eigenvalue weighted by Gasteiger charge is -2.26. The number of benzene rings is 1. The van der Waals surface area contributed by atoms with E-state index in [1.807, 2.05) is 24.5 Å². The van der Waals surface area contributed by atoms with E-state index in [2.05, 4.69) is 20.5 Å². The summed E-state index contributed by atoms with van der Waals surface area (Å²) >= 11 is 1.69. The van der Waals surface area contributed by atoms with Crippen molar-refractivity contribution in [3.05, 3.63) is 59.3 Å². The van der Waals surface area contributed by atoms with Crippen LogP contribution in [0, 0.1) is 5.82 Å². The van der Waals surface area contributed by atoms with Crippen molar-refractivity contribution in [2.75, 3.05) is 32.9 Å². The van der Waals surface area contributed by atoms with Gasteiger partial charge in [-0.2, -0.15) is 11.8 Å². The van der Waals surface area contributed by atoms with Gasteiger partial charge in [0.1, 0.15) is 11.6 Å². The third kappa shape index (κ3) is 5.52. The maximum atomic E-state index is 13.5. The smallest absolute Gasteiger partial charge is 0.191 e. The second-order valence-electron chi connectivity index (χ2n) is 6.93. The summed E-state index contributed by atoms with van der Waals surface area (Å²) in [5.74, 6) is 2.30. The molecular formula is C21H29FN4OS. The zero-order valence-electron chi connectivity index (χ0n) is 16.6. The maximum Gasteiger partial charge on any atom is 0.191 e. The lowest BCUT2D eigenvalue weighted by atomic mass is 10.1. The van der Waals surface area contributed by atoms with Crippen LogP contribution in [-0.2, 0) is 12.3 Å². The van der Waals surface area contributed by atoms with Crippen LogP contribution in [0.4, 0.5) is 4.39 Å². The lowest BCUT2D eigenvalue weighted by Crippen LogP contribution is -2.42. The third-order valence-electron chi connectivity index (χ3n) is 5.05. The van der Waals surface area contributed by atoms with Gasteiger partial charge in [-0.25, -0.2) is 4.39 Å². The summed E-state index contributed by atoms with van der Waals surface area (Å²) in [6.45, 7) is 3.50. The Bertz CT molecular complexity index is 760. The summed E-state index contributed by atoms with van der Waals surface area (Å²) in [4.78, 5) is 6.80. The average molecular weight is 405 g/mol. The topological polar surface area (TPSA) is 52.8 Å². The van der Waals surface area contributed by atoms with E-state index in [0.29, 0.717) is 13.1 Å². The first-order valence-corrected chi connectivity index (χ1v) is 11.1. The molecule has 2 N–H and O–H groups in total. The number of furan rings is 1. The molecule has 0 radical (unpaired) electrons. The number of likely N-dealkylation sites (tertiary alicyclic amines) is 1. The van der Waals surface area contributed by atoms with E-state index in [-0.39, 0.29) is 11.9 Å². The first kappa shape index (κ1) is 20.7. The van der Waals surface area contributed by atoms with Gasteiger partial charge in [0.05, 0.1) is 12.3 Å². The molecule has 2 heterocycles. The van der Waals surface area contributed by atoms with Gasteiger partial charge >= 0.3 is 0 Å². The van der Waals surface area contributed by atoms with Crippen molar-refractivity contribution >= 4 is 17.7 Å². The number of nitrogens with zero attached hydrogens (tertiary/aromatic N) is 2. The summed E-state index contributed by atoms with van der Waals surface area (Å²) in [5, 5.41) is 6.78. The molecule has 0 aliphatic carbocycles. The Morgan fingerprint density at radius 1 is 1.25 bits per heavy atom. The van der Waals surface area contributed by atoms with Crippen molar-refractivity contribution in [2.24, 2.45) is 4.99 Å². The van der Waals surface area contributed by atoms with Crippen LogP contribution in [0.25, 0.3) is 0 Å². The molecule has 0 saturated carbocycles. The highest BCUT2D eigenvalue weighted by atomic mass is 32.2. The van der Waals surface area contributed by atoms with Gasteiger partial charge in [-0.1, -0.05) is 6.07 Å². The highest BCUT2D eigenvalue weighted by molar-refractivity contribution is 7.97. The van der Waals surface area contributed by atoms with Gasteiger partial charge in [-0.15, -0.1) is 0 Å². The summed E-state index contributed by atoms with van der Waals surface area (Å²) in [6, 6.07) is 9.13. The van der Waals surface area contributed by atoms with E-state index in [1.165, 1.54) is 18.9 Å². The van der Waals surface area contributed by atoms with Gasteiger partial charge in [0.15, 0.2) is 5.96 Å². The minimum atomic E-state index is -0.192. The highest BCUT2D eigenvalue weighted by Gasteiger charge is 2.25. The zero-order chi connectivity index (χ0) is 19.8. The fraction of sp³-hybridized carbons (Fsp3) is 0.476. The number of nitrogens with one attached hydrogen (secondary N) is 2. The molecule has 1 saturated heterocycles. The Hall–Kier alpha value is -1.99. The van der Waals surface area contributed by atoms with Crippen LogP contribution >= 0.6 is 11.8 Å². The van der Waals surface area contributed by atoms with Gasteiger partial charge in [-0.3, -0.25) is 9.89 Å². The predicted molar refractivity (Wildman–Crippen MR) is 114 cm³/mol.